The van der Waals surface area contributed by atoms with Crippen molar-refractivity contribution in [2.24, 2.45) is 5.92 Å². The Balaban J connectivity index is 0.00000464. The van der Waals surface area contributed by atoms with Crippen LogP contribution in [0.1, 0.15) is 82.1 Å². The number of para-hydroxylation sites is 1. The summed E-state index contributed by atoms with van der Waals surface area (Å²) in [6, 6.07) is 35.1. The van der Waals surface area contributed by atoms with Crippen LogP contribution in [0.15, 0.2) is 85.1 Å². The molecule has 3 heterocycles. The molecule has 0 spiro atoms. The van der Waals surface area contributed by atoms with Gasteiger partial charge in [0, 0.05) is 34.5 Å². The molecule has 0 saturated carbocycles. The molecule has 6 heteroatoms. The Kier molecular flexibility index (Phi) is 10.6. The second-order valence-electron chi connectivity index (χ2n) is 15.1. The molecule has 0 saturated heterocycles. The van der Waals surface area contributed by atoms with E-state index in [1.54, 1.807) is 0 Å². The minimum atomic E-state index is -0.127. The van der Waals surface area contributed by atoms with Gasteiger partial charge in [-0.15, -0.1) is 41.3 Å². The first-order valence-corrected chi connectivity index (χ1v) is 18.3. The van der Waals surface area contributed by atoms with Gasteiger partial charge in [-0.25, -0.2) is 4.98 Å². The topological polar surface area (TPSA) is 44.9 Å². The number of rotatable bonds is 9. The van der Waals surface area contributed by atoms with Crippen molar-refractivity contribution >= 4 is 21.8 Å². The summed E-state index contributed by atoms with van der Waals surface area (Å²) in [6.45, 7) is 19.9. The Morgan fingerprint density at radius 1 is 0.788 bits per heavy atom. The second kappa shape index (κ2) is 14.9. The molecule has 0 atom stereocenters. The monoisotopic (exact) mass is 778 g/mol. The van der Waals surface area contributed by atoms with Crippen LogP contribution in [0.2, 0.25) is 0 Å². The van der Waals surface area contributed by atoms with E-state index in [1.165, 1.54) is 27.8 Å². The van der Waals surface area contributed by atoms with E-state index in [4.69, 9.17) is 14.8 Å². The summed E-state index contributed by atoms with van der Waals surface area (Å²) in [5.74, 6) is 2.69. The van der Waals surface area contributed by atoms with Gasteiger partial charge in [-0.3, -0.25) is 4.68 Å². The first-order chi connectivity index (χ1) is 24.5. The van der Waals surface area contributed by atoms with Crippen LogP contribution in [0.25, 0.3) is 44.4 Å². The van der Waals surface area contributed by atoms with E-state index in [2.05, 4.69) is 152 Å². The molecule has 4 aromatic carbocycles. The van der Waals surface area contributed by atoms with Gasteiger partial charge in [-0.2, -0.15) is 11.2 Å². The van der Waals surface area contributed by atoms with Crippen LogP contribution in [-0.4, -0.2) is 19.3 Å². The van der Waals surface area contributed by atoms with Crippen molar-refractivity contribution in [1.82, 2.24) is 19.3 Å². The maximum Gasteiger partial charge on any atom is 2.00 e. The summed E-state index contributed by atoms with van der Waals surface area (Å²) in [5.41, 5.74) is 12.5. The number of aryl methyl sites for hydroxylation is 3. The molecule has 268 valence electrons. The summed E-state index contributed by atoms with van der Waals surface area (Å²) in [4.78, 5) is 4.83. The van der Waals surface area contributed by atoms with Crippen molar-refractivity contribution in [3.63, 3.8) is 0 Å². The molecule has 3 aromatic heterocycles. The molecule has 0 unspecified atom stereocenters. The van der Waals surface area contributed by atoms with Crippen LogP contribution in [0.5, 0.6) is 11.5 Å². The molecule has 0 aliphatic heterocycles. The molecule has 0 aliphatic rings. The van der Waals surface area contributed by atoms with Crippen molar-refractivity contribution in [3.05, 3.63) is 131 Å². The third-order valence-electron chi connectivity index (χ3n) is 9.92. The van der Waals surface area contributed by atoms with Crippen LogP contribution in [-0.2, 0) is 45.1 Å². The van der Waals surface area contributed by atoms with E-state index < -0.39 is 0 Å². The number of nitrogens with zero attached hydrogens (tertiary/aromatic N) is 4. The average molecular weight is 779 g/mol. The zero-order valence-corrected chi connectivity index (χ0v) is 33.3. The number of aromatic nitrogens is 4. The molecular formula is C46H48N4OPd. The molecule has 0 fully saturated rings. The minimum Gasteiger partial charge on any atom is -0.509 e. The van der Waals surface area contributed by atoms with Crippen molar-refractivity contribution in [3.8, 4) is 34.1 Å². The van der Waals surface area contributed by atoms with E-state index in [0.717, 1.165) is 69.5 Å². The quantitative estimate of drug-likeness (QED) is 0.108. The van der Waals surface area contributed by atoms with Gasteiger partial charge in [0.05, 0.1) is 5.69 Å². The predicted octanol–water partition coefficient (Wildman–Crippen LogP) is 11.7. The zero-order chi connectivity index (χ0) is 36.0. The summed E-state index contributed by atoms with van der Waals surface area (Å²) >= 11 is 0. The first-order valence-electron chi connectivity index (χ1n) is 18.3. The Morgan fingerprint density at radius 2 is 1.52 bits per heavy atom. The van der Waals surface area contributed by atoms with Gasteiger partial charge in [-0.05, 0) is 96.0 Å². The van der Waals surface area contributed by atoms with Gasteiger partial charge in [0.25, 0.3) is 0 Å². The summed E-state index contributed by atoms with van der Waals surface area (Å²) in [5, 5.41) is 7.39. The molecule has 0 amide bonds. The number of hydrogen-bond donors (Lipinski definition) is 0. The van der Waals surface area contributed by atoms with Gasteiger partial charge < -0.3 is 9.30 Å². The fourth-order valence-electron chi connectivity index (χ4n) is 7.40. The van der Waals surface area contributed by atoms with Gasteiger partial charge in [0.15, 0.2) is 0 Å². The SMILES string of the molecule is CCc1cccc(CC)c1-c1c(C)nn(-c2[c-]c(Oc3[c-]c4c(cc3)c3ccccc3n4-c3cc(CC(C)C)ccn3)cc(C(C)(C)C)c2)c1C.[Pd+2]. The molecule has 5 nitrogen and oxygen atoms in total. The number of fused-ring (bicyclic) bond motifs is 3. The first kappa shape index (κ1) is 37.3. The maximum atomic E-state index is 6.70. The summed E-state index contributed by atoms with van der Waals surface area (Å²) < 4.78 is 10.9. The average Bonchev–Trinajstić information content (AvgIpc) is 3.59. The number of benzene rings is 4. The molecule has 7 aromatic rings. The fourth-order valence-corrected chi connectivity index (χ4v) is 7.40. The van der Waals surface area contributed by atoms with Crippen LogP contribution in [0.4, 0.5) is 0 Å². The van der Waals surface area contributed by atoms with Gasteiger partial charge in [-0.1, -0.05) is 90.4 Å². The van der Waals surface area contributed by atoms with E-state index in [9.17, 15) is 0 Å². The zero-order valence-electron chi connectivity index (χ0n) is 31.8. The Hall–Kier alpha value is -4.50. The van der Waals surface area contributed by atoms with Crippen molar-refractivity contribution in [2.75, 3.05) is 0 Å². The summed E-state index contributed by atoms with van der Waals surface area (Å²) in [7, 11) is 0. The van der Waals surface area contributed by atoms with Gasteiger partial charge in [0.1, 0.15) is 5.82 Å². The number of pyridine rings is 1. The van der Waals surface area contributed by atoms with Gasteiger partial charge >= 0.3 is 20.4 Å². The number of ether oxygens (including phenoxy) is 1. The fraction of sp³-hybridized carbons (Fsp3) is 0.304. The van der Waals surface area contributed by atoms with Crippen LogP contribution < -0.4 is 4.74 Å². The van der Waals surface area contributed by atoms with Crippen molar-refractivity contribution in [2.45, 2.75) is 87.0 Å². The van der Waals surface area contributed by atoms with Crippen LogP contribution in [0.3, 0.4) is 0 Å². The van der Waals surface area contributed by atoms with E-state index in [1.807, 2.05) is 16.9 Å². The Bertz CT molecular complexity index is 2370. The maximum absolute atomic E-state index is 6.70. The largest absolute Gasteiger partial charge is 2.00 e. The molecule has 0 N–H and O–H groups in total. The molecule has 52 heavy (non-hydrogen) atoms. The normalized spacial score (nSPS) is 11.8. The molecule has 7 rings (SSSR count). The Morgan fingerprint density at radius 3 is 2.21 bits per heavy atom. The predicted molar refractivity (Wildman–Crippen MR) is 211 cm³/mol. The number of hydrogen-bond acceptors (Lipinski definition) is 3. The minimum absolute atomic E-state index is 0. The summed E-state index contributed by atoms with van der Waals surface area (Å²) in [6.07, 6.45) is 4.84. The third-order valence-corrected chi connectivity index (χ3v) is 9.92. The van der Waals surface area contributed by atoms with Crippen LogP contribution in [0, 0.1) is 31.9 Å². The smallest absolute Gasteiger partial charge is 0.509 e. The Labute approximate surface area is 322 Å². The molecule has 0 aliphatic carbocycles. The van der Waals surface area contributed by atoms with E-state index in [0.29, 0.717) is 17.4 Å². The van der Waals surface area contributed by atoms with Gasteiger partial charge in [0.2, 0.25) is 0 Å². The van der Waals surface area contributed by atoms with Crippen molar-refractivity contribution < 1.29 is 25.2 Å². The van der Waals surface area contributed by atoms with Crippen LogP contribution >= 0.6 is 0 Å². The molecular weight excluding hydrogens is 731 g/mol. The molecule has 0 bridgehead atoms. The standard InChI is InChI=1S/C46H48N4O.Pd/c1-10-33-15-14-16-34(11-2)45(33)44-30(5)48-50(31(44)6)36-25-35(46(7,8)9)26-38(27-36)51-37-19-20-40-39-17-12-13-18-41(39)49(42(40)28-37)43-24-32(21-22-47-43)23-29(3)4;/h12-22,24-26,29H,10-11,23H2,1-9H3;/q-2;+2. The third kappa shape index (κ3) is 7.00. The second-order valence-corrected chi connectivity index (χ2v) is 15.1. The van der Waals surface area contributed by atoms with Crippen molar-refractivity contribution in [1.29, 1.82) is 0 Å². The molecule has 0 radical (unpaired) electrons. The van der Waals surface area contributed by atoms with E-state index >= 15 is 0 Å². The van der Waals surface area contributed by atoms with E-state index in [-0.39, 0.29) is 25.8 Å².